The topological polar surface area (TPSA) is 48.1 Å². The van der Waals surface area contributed by atoms with E-state index in [4.69, 9.17) is 10.5 Å². The average molecular weight is 242 g/mol. The smallest absolute Gasteiger partial charge is 0.122 e. The number of benzene rings is 1. The number of hydrogen-bond acceptors (Lipinski definition) is 3. The monoisotopic (exact) mass is 242 g/mol. The molecular formula is C15H18N2O. The zero-order valence-corrected chi connectivity index (χ0v) is 10.5. The van der Waals surface area contributed by atoms with Gasteiger partial charge >= 0.3 is 0 Å². The Balaban J connectivity index is 2.14. The molecule has 0 aliphatic carbocycles. The Bertz CT molecular complexity index is 485. The maximum absolute atomic E-state index is 6.21. The minimum Gasteiger partial charge on any atom is -0.494 e. The van der Waals surface area contributed by atoms with Crippen molar-refractivity contribution >= 4 is 0 Å². The van der Waals surface area contributed by atoms with Gasteiger partial charge in [0.25, 0.3) is 0 Å². The van der Waals surface area contributed by atoms with Crippen LogP contribution >= 0.6 is 0 Å². The van der Waals surface area contributed by atoms with Gasteiger partial charge in [-0.2, -0.15) is 0 Å². The molecule has 18 heavy (non-hydrogen) atoms. The highest BCUT2D eigenvalue weighted by atomic mass is 16.5. The van der Waals surface area contributed by atoms with E-state index in [0.717, 1.165) is 23.3 Å². The third-order valence-electron chi connectivity index (χ3n) is 2.85. The summed E-state index contributed by atoms with van der Waals surface area (Å²) in [5, 5.41) is 0. The normalized spacial score (nSPS) is 12.1. The first-order valence-corrected chi connectivity index (χ1v) is 6.17. The van der Waals surface area contributed by atoms with E-state index in [9.17, 15) is 0 Å². The number of rotatable bonds is 5. The SMILES string of the molecule is CCOc1ccccc1CC(N)c1ccncc1. The highest BCUT2D eigenvalue weighted by Crippen LogP contribution is 2.23. The lowest BCUT2D eigenvalue weighted by Gasteiger charge is -2.15. The number of para-hydroxylation sites is 1. The van der Waals surface area contributed by atoms with Gasteiger partial charge in [0.05, 0.1) is 6.61 Å². The zero-order valence-electron chi connectivity index (χ0n) is 10.5. The molecule has 2 rings (SSSR count). The van der Waals surface area contributed by atoms with Gasteiger partial charge in [-0.15, -0.1) is 0 Å². The van der Waals surface area contributed by atoms with E-state index in [-0.39, 0.29) is 6.04 Å². The Hall–Kier alpha value is -1.87. The summed E-state index contributed by atoms with van der Waals surface area (Å²) in [6.07, 6.45) is 4.30. The predicted octanol–water partition coefficient (Wildman–Crippen LogP) is 2.72. The minimum absolute atomic E-state index is 0.0328. The van der Waals surface area contributed by atoms with E-state index < -0.39 is 0 Å². The quantitative estimate of drug-likeness (QED) is 0.877. The maximum atomic E-state index is 6.21. The van der Waals surface area contributed by atoms with Crippen molar-refractivity contribution in [1.29, 1.82) is 0 Å². The van der Waals surface area contributed by atoms with Crippen molar-refractivity contribution in [2.45, 2.75) is 19.4 Å². The number of ether oxygens (including phenoxy) is 1. The van der Waals surface area contributed by atoms with Crippen LogP contribution in [0, 0.1) is 0 Å². The van der Waals surface area contributed by atoms with E-state index >= 15 is 0 Å². The molecule has 1 aromatic carbocycles. The highest BCUT2D eigenvalue weighted by molar-refractivity contribution is 5.35. The Morgan fingerprint density at radius 2 is 1.89 bits per heavy atom. The van der Waals surface area contributed by atoms with Crippen molar-refractivity contribution in [3.8, 4) is 5.75 Å². The molecule has 0 bridgehead atoms. The second kappa shape index (κ2) is 6.17. The maximum Gasteiger partial charge on any atom is 0.122 e. The van der Waals surface area contributed by atoms with Crippen molar-refractivity contribution < 1.29 is 4.74 Å². The summed E-state index contributed by atoms with van der Waals surface area (Å²) in [6.45, 7) is 2.65. The van der Waals surface area contributed by atoms with Crippen molar-refractivity contribution in [3.05, 3.63) is 59.9 Å². The van der Waals surface area contributed by atoms with Crippen LogP contribution in [0.1, 0.15) is 24.1 Å². The van der Waals surface area contributed by atoms with Crippen LogP contribution < -0.4 is 10.5 Å². The lowest BCUT2D eigenvalue weighted by Crippen LogP contribution is -2.14. The molecule has 3 nitrogen and oxygen atoms in total. The minimum atomic E-state index is -0.0328. The van der Waals surface area contributed by atoms with Gasteiger partial charge in [-0.3, -0.25) is 4.98 Å². The average Bonchev–Trinajstić information content (AvgIpc) is 2.42. The summed E-state index contributed by atoms with van der Waals surface area (Å²) in [5.74, 6) is 0.921. The van der Waals surface area contributed by atoms with Gasteiger partial charge in [0.15, 0.2) is 0 Å². The van der Waals surface area contributed by atoms with Crippen LogP contribution in [0.2, 0.25) is 0 Å². The van der Waals surface area contributed by atoms with Gasteiger partial charge in [0, 0.05) is 18.4 Å². The second-order valence-electron chi connectivity index (χ2n) is 4.13. The first kappa shape index (κ1) is 12.6. The summed E-state index contributed by atoms with van der Waals surface area (Å²) in [5.41, 5.74) is 8.44. The summed E-state index contributed by atoms with van der Waals surface area (Å²) in [7, 11) is 0. The van der Waals surface area contributed by atoms with Gasteiger partial charge in [-0.25, -0.2) is 0 Å². The van der Waals surface area contributed by atoms with Crippen LogP contribution in [0.4, 0.5) is 0 Å². The fourth-order valence-corrected chi connectivity index (χ4v) is 1.93. The van der Waals surface area contributed by atoms with Gasteiger partial charge in [-0.05, 0) is 42.7 Å². The van der Waals surface area contributed by atoms with E-state index in [1.165, 1.54) is 0 Å². The summed E-state index contributed by atoms with van der Waals surface area (Å²) in [6, 6.07) is 11.9. The Labute approximate surface area is 108 Å². The Morgan fingerprint density at radius 3 is 2.61 bits per heavy atom. The van der Waals surface area contributed by atoms with Crippen LogP contribution in [0.5, 0.6) is 5.75 Å². The van der Waals surface area contributed by atoms with Gasteiger partial charge < -0.3 is 10.5 Å². The van der Waals surface area contributed by atoms with E-state index in [0.29, 0.717) is 6.61 Å². The van der Waals surface area contributed by atoms with Crippen molar-refractivity contribution in [2.24, 2.45) is 5.73 Å². The number of aromatic nitrogens is 1. The standard InChI is InChI=1S/C15H18N2O/c1-2-18-15-6-4-3-5-13(15)11-14(16)12-7-9-17-10-8-12/h3-10,14H,2,11,16H2,1H3. The molecule has 0 aliphatic rings. The van der Waals surface area contributed by atoms with Gasteiger partial charge in [0.2, 0.25) is 0 Å². The largest absolute Gasteiger partial charge is 0.494 e. The molecule has 0 amide bonds. The van der Waals surface area contributed by atoms with Gasteiger partial charge in [-0.1, -0.05) is 18.2 Å². The third kappa shape index (κ3) is 3.08. The van der Waals surface area contributed by atoms with Crippen molar-refractivity contribution in [1.82, 2.24) is 4.98 Å². The summed E-state index contributed by atoms with van der Waals surface area (Å²) >= 11 is 0. The summed E-state index contributed by atoms with van der Waals surface area (Å²) in [4.78, 5) is 4.00. The molecule has 1 heterocycles. The molecule has 0 saturated heterocycles. The van der Waals surface area contributed by atoms with E-state index in [1.807, 2.05) is 37.3 Å². The molecule has 1 atom stereocenters. The van der Waals surface area contributed by atoms with Crippen LogP contribution in [-0.4, -0.2) is 11.6 Å². The third-order valence-corrected chi connectivity index (χ3v) is 2.85. The Kier molecular flexibility index (Phi) is 4.31. The fourth-order valence-electron chi connectivity index (χ4n) is 1.93. The zero-order chi connectivity index (χ0) is 12.8. The van der Waals surface area contributed by atoms with Gasteiger partial charge in [0.1, 0.15) is 5.75 Å². The molecule has 1 aromatic heterocycles. The molecule has 3 heteroatoms. The van der Waals surface area contributed by atoms with Crippen LogP contribution in [-0.2, 0) is 6.42 Å². The molecular weight excluding hydrogens is 224 g/mol. The fraction of sp³-hybridized carbons (Fsp3) is 0.267. The highest BCUT2D eigenvalue weighted by Gasteiger charge is 2.10. The first-order valence-electron chi connectivity index (χ1n) is 6.17. The predicted molar refractivity (Wildman–Crippen MR) is 72.5 cm³/mol. The van der Waals surface area contributed by atoms with Crippen LogP contribution in [0.25, 0.3) is 0 Å². The lowest BCUT2D eigenvalue weighted by atomic mass is 10.00. The molecule has 0 radical (unpaired) electrons. The number of hydrogen-bond donors (Lipinski definition) is 1. The van der Waals surface area contributed by atoms with E-state index in [1.54, 1.807) is 12.4 Å². The molecule has 0 fully saturated rings. The molecule has 0 spiro atoms. The number of pyridine rings is 1. The van der Waals surface area contributed by atoms with Crippen molar-refractivity contribution in [3.63, 3.8) is 0 Å². The summed E-state index contributed by atoms with van der Waals surface area (Å²) < 4.78 is 5.61. The van der Waals surface area contributed by atoms with Crippen molar-refractivity contribution in [2.75, 3.05) is 6.61 Å². The van der Waals surface area contributed by atoms with Crippen LogP contribution in [0.15, 0.2) is 48.8 Å². The molecule has 0 saturated carbocycles. The van der Waals surface area contributed by atoms with Crippen LogP contribution in [0.3, 0.4) is 0 Å². The second-order valence-corrected chi connectivity index (χ2v) is 4.13. The molecule has 94 valence electrons. The number of nitrogens with zero attached hydrogens (tertiary/aromatic N) is 1. The number of nitrogens with two attached hydrogens (primary N) is 1. The first-order chi connectivity index (χ1) is 8.81. The molecule has 0 aliphatic heterocycles. The Morgan fingerprint density at radius 1 is 1.17 bits per heavy atom. The molecule has 2 aromatic rings. The lowest BCUT2D eigenvalue weighted by molar-refractivity contribution is 0.335. The van der Waals surface area contributed by atoms with E-state index in [2.05, 4.69) is 11.1 Å². The molecule has 1 unspecified atom stereocenters. The molecule has 2 N–H and O–H groups in total.